The zero-order chi connectivity index (χ0) is 20.6. The molecule has 4 atom stereocenters. The van der Waals surface area contributed by atoms with Crippen molar-refractivity contribution in [1.29, 1.82) is 0 Å². The zero-order valence-electron chi connectivity index (χ0n) is 18.5. The van der Waals surface area contributed by atoms with Crippen LogP contribution in [0.1, 0.15) is 85.5 Å². The molecule has 28 heavy (non-hydrogen) atoms. The van der Waals surface area contributed by atoms with Gasteiger partial charge in [-0.15, -0.1) is 0 Å². The maximum absolute atomic E-state index is 11.5. The Morgan fingerprint density at radius 2 is 1.32 bits per heavy atom. The molecule has 0 saturated carbocycles. The Hall–Kier alpha value is -0.690. The van der Waals surface area contributed by atoms with Gasteiger partial charge in [0.05, 0.1) is 6.61 Å². The molecule has 0 N–H and O–H groups in total. The van der Waals surface area contributed by atoms with Crippen LogP contribution in [0.5, 0.6) is 0 Å². The van der Waals surface area contributed by atoms with E-state index in [4.69, 9.17) is 23.7 Å². The standard InChI is InChI=1S/C22H42O6/c1-5-8-11-14-24-17-19-20(25-15-12-9-6-2)21(26-16-13-10-7-3)22(28-19)27-18(4)23/h19-22H,5-17H2,1-4H3/t19-,20-,21-,22+/m1/s1. The summed E-state index contributed by atoms with van der Waals surface area (Å²) in [6, 6.07) is 0. The van der Waals surface area contributed by atoms with Crippen LogP contribution in [0.25, 0.3) is 0 Å². The second-order valence-corrected chi connectivity index (χ2v) is 7.52. The predicted molar refractivity (Wildman–Crippen MR) is 109 cm³/mol. The smallest absolute Gasteiger partial charge is 0.305 e. The first kappa shape index (κ1) is 25.3. The van der Waals surface area contributed by atoms with Crippen LogP contribution in [0.2, 0.25) is 0 Å². The van der Waals surface area contributed by atoms with Gasteiger partial charge in [0.25, 0.3) is 0 Å². The lowest BCUT2D eigenvalue weighted by molar-refractivity contribution is -0.194. The lowest BCUT2D eigenvalue weighted by Gasteiger charge is -2.24. The summed E-state index contributed by atoms with van der Waals surface area (Å²) < 4.78 is 29.4. The van der Waals surface area contributed by atoms with Crippen LogP contribution in [0.15, 0.2) is 0 Å². The van der Waals surface area contributed by atoms with E-state index in [-0.39, 0.29) is 18.2 Å². The van der Waals surface area contributed by atoms with Crippen LogP contribution < -0.4 is 0 Å². The summed E-state index contributed by atoms with van der Waals surface area (Å²) in [6.45, 7) is 10.3. The summed E-state index contributed by atoms with van der Waals surface area (Å²) in [5, 5.41) is 0. The van der Waals surface area contributed by atoms with Crippen LogP contribution >= 0.6 is 0 Å². The van der Waals surface area contributed by atoms with E-state index < -0.39 is 12.4 Å². The van der Waals surface area contributed by atoms with Gasteiger partial charge < -0.3 is 23.7 Å². The average molecular weight is 403 g/mol. The Morgan fingerprint density at radius 3 is 1.86 bits per heavy atom. The average Bonchev–Trinajstić information content (AvgIpc) is 2.98. The number of carbonyl (C=O) groups excluding carboxylic acids is 1. The maximum atomic E-state index is 11.5. The van der Waals surface area contributed by atoms with Gasteiger partial charge in [-0.3, -0.25) is 4.79 Å². The molecule has 0 aliphatic carbocycles. The molecule has 0 unspecified atom stereocenters. The molecule has 0 amide bonds. The second kappa shape index (κ2) is 16.1. The van der Waals surface area contributed by atoms with Crippen LogP contribution in [0, 0.1) is 0 Å². The third-order valence-electron chi connectivity index (χ3n) is 4.84. The summed E-state index contributed by atoms with van der Waals surface area (Å²) >= 11 is 0. The third-order valence-corrected chi connectivity index (χ3v) is 4.84. The topological polar surface area (TPSA) is 63.2 Å². The van der Waals surface area contributed by atoms with E-state index in [1.54, 1.807) is 0 Å². The fraction of sp³-hybridized carbons (Fsp3) is 0.955. The van der Waals surface area contributed by atoms with Crippen LogP contribution in [0.4, 0.5) is 0 Å². The first-order valence-corrected chi connectivity index (χ1v) is 11.3. The Balaban J connectivity index is 2.68. The van der Waals surface area contributed by atoms with Crippen molar-refractivity contribution < 1.29 is 28.5 Å². The fourth-order valence-corrected chi connectivity index (χ4v) is 3.26. The molecular formula is C22H42O6. The Bertz CT molecular complexity index is 389. The molecule has 1 aliphatic rings. The highest BCUT2D eigenvalue weighted by molar-refractivity contribution is 5.66. The van der Waals surface area contributed by atoms with E-state index in [9.17, 15) is 4.79 Å². The molecule has 0 aromatic heterocycles. The fourth-order valence-electron chi connectivity index (χ4n) is 3.26. The number of ether oxygens (including phenoxy) is 5. The van der Waals surface area contributed by atoms with E-state index >= 15 is 0 Å². The summed E-state index contributed by atoms with van der Waals surface area (Å²) in [6.07, 6.45) is 8.11. The maximum Gasteiger partial charge on any atom is 0.305 e. The third kappa shape index (κ3) is 10.2. The van der Waals surface area contributed by atoms with Crippen molar-refractivity contribution in [3.05, 3.63) is 0 Å². The minimum Gasteiger partial charge on any atom is -0.433 e. The van der Waals surface area contributed by atoms with Crippen molar-refractivity contribution in [3.8, 4) is 0 Å². The van der Waals surface area contributed by atoms with Crippen LogP contribution in [-0.2, 0) is 28.5 Å². The summed E-state index contributed by atoms with van der Waals surface area (Å²) in [7, 11) is 0. The Morgan fingerprint density at radius 1 is 0.786 bits per heavy atom. The van der Waals surface area contributed by atoms with Crippen molar-refractivity contribution in [2.24, 2.45) is 0 Å². The number of esters is 1. The molecule has 1 fully saturated rings. The van der Waals surface area contributed by atoms with Gasteiger partial charge in [-0.05, 0) is 19.3 Å². The predicted octanol–water partition coefficient (Wildman–Crippen LogP) is 4.63. The molecule has 1 rings (SSSR count). The van der Waals surface area contributed by atoms with Crippen molar-refractivity contribution in [2.75, 3.05) is 26.4 Å². The Labute approximate surface area is 171 Å². The second-order valence-electron chi connectivity index (χ2n) is 7.52. The van der Waals surface area contributed by atoms with Crippen molar-refractivity contribution >= 4 is 5.97 Å². The highest BCUT2D eigenvalue weighted by atomic mass is 16.7. The Kier molecular flexibility index (Phi) is 14.6. The summed E-state index contributed by atoms with van der Waals surface area (Å²) in [4.78, 5) is 11.5. The SMILES string of the molecule is CCCCCOC[C@H]1O[C@H](OC(C)=O)[C@H](OCCCCC)[C@@H]1OCCCCC. The number of hydrogen-bond acceptors (Lipinski definition) is 6. The molecule has 0 radical (unpaired) electrons. The largest absolute Gasteiger partial charge is 0.433 e. The summed E-state index contributed by atoms with van der Waals surface area (Å²) in [5.74, 6) is -0.374. The van der Waals surface area contributed by atoms with Gasteiger partial charge >= 0.3 is 5.97 Å². The van der Waals surface area contributed by atoms with Crippen molar-refractivity contribution in [1.82, 2.24) is 0 Å². The van der Waals surface area contributed by atoms with Gasteiger partial charge in [0.15, 0.2) is 0 Å². The van der Waals surface area contributed by atoms with E-state index in [1.807, 2.05) is 0 Å². The van der Waals surface area contributed by atoms with E-state index in [1.165, 1.54) is 6.92 Å². The molecule has 0 bridgehead atoms. The van der Waals surface area contributed by atoms with Crippen molar-refractivity contribution in [3.63, 3.8) is 0 Å². The molecule has 6 nitrogen and oxygen atoms in total. The summed E-state index contributed by atoms with van der Waals surface area (Å²) in [5.41, 5.74) is 0. The quantitative estimate of drug-likeness (QED) is 0.261. The van der Waals surface area contributed by atoms with Crippen molar-refractivity contribution in [2.45, 2.75) is 110 Å². The van der Waals surface area contributed by atoms with Gasteiger partial charge in [-0.25, -0.2) is 0 Å². The molecule has 0 spiro atoms. The first-order valence-electron chi connectivity index (χ1n) is 11.3. The minimum atomic E-state index is -0.737. The highest BCUT2D eigenvalue weighted by Gasteiger charge is 2.48. The normalized spacial score (nSPS) is 24.6. The van der Waals surface area contributed by atoms with E-state index in [0.29, 0.717) is 26.4 Å². The van der Waals surface area contributed by atoms with E-state index in [2.05, 4.69) is 20.8 Å². The number of carbonyl (C=O) groups is 1. The van der Waals surface area contributed by atoms with Gasteiger partial charge in [-0.1, -0.05) is 59.3 Å². The minimum absolute atomic E-state index is 0.283. The van der Waals surface area contributed by atoms with Gasteiger partial charge in [0.1, 0.15) is 18.3 Å². The van der Waals surface area contributed by atoms with Crippen LogP contribution in [-0.4, -0.2) is 57.0 Å². The molecule has 0 aromatic carbocycles. The molecule has 0 aromatic rings. The first-order chi connectivity index (χ1) is 13.6. The molecule has 6 heteroatoms. The van der Waals surface area contributed by atoms with Gasteiger partial charge in [-0.2, -0.15) is 0 Å². The lowest BCUT2D eigenvalue weighted by Crippen LogP contribution is -2.40. The van der Waals surface area contributed by atoms with Crippen LogP contribution in [0.3, 0.4) is 0 Å². The molecule has 166 valence electrons. The van der Waals surface area contributed by atoms with Gasteiger partial charge in [0.2, 0.25) is 6.29 Å². The number of unbranched alkanes of at least 4 members (excludes halogenated alkanes) is 6. The monoisotopic (exact) mass is 402 g/mol. The van der Waals surface area contributed by atoms with Gasteiger partial charge in [0, 0.05) is 26.7 Å². The number of rotatable bonds is 17. The number of hydrogen-bond donors (Lipinski definition) is 0. The zero-order valence-corrected chi connectivity index (χ0v) is 18.5. The van der Waals surface area contributed by atoms with E-state index in [0.717, 1.165) is 57.8 Å². The highest BCUT2D eigenvalue weighted by Crippen LogP contribution is 2.29. The molecule has 1 heterocycles. The molecular weight excluding hydrogens is 360 g/mol. The lowest BCUT2D eigenvalue weighted by atomic mass is 10.1. The molecule has 1 saturated heterocycles. The molecule has 1 aliphatic heterocycles.